The maximum absolute atomic E-state index is 2.51. The van der Waals surface area contributed by atoms with Gasteiger partial charge in [0.25, 0.3) is 0 Å². The summed E-state index contributed by atoms with van der Waals surface area (Å²) in [6.07, 6.45) is 0. The Bertz CT molecular complexity index is 3590. The highest BCUT2D eigenvalue weighted by atomic mass is 32.1. The summed E-state index contributed by atoms with van der Waals surface area (Å²) in [6.45, 7) is 0. The SMILES string of the molecule is c1ccc(-c2cccc3cccc(-c4ccccc4N(c4cccc(-c5cccc6c5c5ccccc5n6-c5ccccc5)c4)c4cccc5c4sc4ccccc45)c23)cc1. The van der Waals surface area contributed by atoms with Crippen molar-refractivity contribution in [3.63, 3.8) is 0 Å². The summed E-state index contributed by atoms with van der Waals surface area (Å²) in [5, 5.41) is 7.52. The second kappa shape index (κ2) is 14.5. The third-order valence-electron chi connectivity index (χ3n) is 12.2. The highest BCUT2D eigenvalue weighted by Gasteiger charge is 2.23. The Morgan fingerprint density at radius 2 is 0.934 bits per heavy atom. The number of anilines is 3. The molecule has 12 rings (SSSR count). The number of hydrogen-bond donors (Lipinski definition) is 0. The standard InChI is InChI=1S/C58H38N2S/c1-3-18-39(19-4-1)44-29-14-20-40-21-15-31-48(56(40)44)46-26-7-10-33-51(46)60(54-36-17-32-49-47-27-9-12-37-55(47)61-58(49)54)43-25-13-22-41(38-43)45-30-16-35-53-57(45)50-28-8-11-34-52(50)59(53)42-23-5-2-6-24-42/h1-38H. The second-order valence-electron chi connectivity index (χ2n) is 15.6. The quantitative estimate of drug-likeness (QED) is 0.156. The number of aromatic nitrogens is 1. The van der Waals surface area contributed by atoms with Gasteiger partial charge in [0.05, 0.1) is 27.1 Å². The number of hydrogen-bond acceptors (Lipinski definition) is 2. The minimum atomic E-state index is 1.10. The van der Waals surface area contributed by atoms with Gasteiger partial charge in [-0.15, -0.1) is 11.3 Å². The Balaban J connectivity index is 1.12. The first-order valence-corrected chi connectivity index (χ1v) is 21.7. The summed E-state index contributed by atoms with van der Waals surface area (Å²) in [5.74, 6) is 0. The van der Waals surface area contributed by atoms with Crippen molar-refractivity contribution < 1.29 is 0 Å². The first-order chi connectivity index (χ1) is 30.3. The Kier molecular flexibility index (Phi) is 8.39. The summed E-state index contributed by atoms with van der Waals surface area (Å²) >= 11 is 1.87. The van der Waals surface area contributed by atoms with Crippen molar-refractivity contribution in [3.8, 4) is 39.1 Å². The molecule has 0 bridgehead atoms. The molecule has 0 atom stereocenters. The zero-order valence-electron chi connectivity index (χ0n) is 33.2. The van der Waals surface area contributed by atoms with Gasteiger partial charge in [0.2, 0.25) is 0 Å². The lowest BCUT2D eigenvalue weighted by molar-refractivity contribution is 1.18. The van der Waals surface area contributed by atoms with E-state index in [1.165, 1.54) is 86.1 Å². The molecular formula is C58H38N2S. The van der Waals surface area contributed by atoms with E-state index < -0.39 is 0 Å². The normalized spacial score (nSPS) is 11.6. The molecule has 2 aromatic heterocycles. The maximum atomic E-state index is 2.51. The molecule has 0 N–H and O–H groups in total. The van der Waals surface area contributed by atoms with Crippen molar-refractivity contribution >= 4 is 81.1 Å². The van der Waals surface area contributed by atoms with Crippen LogP contribution in [0.3, 0.4) is 0 Å². The fraction of sp³-hybridized carbons (Fsp3) is 0. The zero-order valence-corrected chi connectivity index (χ0v) is 34.1. The molecule has 0 saturated heterocycles. The van der Waals surface area contributed by atoms with E-state index in [2.05, 4.69) is 240 Å². The molecule has 10 aromatic carbocycles. The van der Waals surface area contributed by atoms with Crippen LogP contribution >= 0.6 is 11.3 Å². The summed E-state index contributed by atoms with van der Waals surface area (Å²) in [5.41, 5.74) is 14.1. The van der Waals surface area contributed by atoms with E-state index >= 15 is 0 Å². The molecule has 286 valence electrons. The van der Waals surface area contributed by atoms with E-state index in [9.17, 15) is 0 Å². The van der Waals surface area contributed by atoms with Gasteiger partial charge in [-0.1, -0.05) is 176 Å². The molecule has 2 nitrogen and oxygen atoms in total. The van der Waals surface area contributed by atoms with Crippen molar-refractivity contribution in [2.75, 3.05) is 4.90 Å². The lowest BCUT2D eigenvalue weighted by atomic mass is 9.90. The van der Waals surface area contributed by atoms with Crippen LogP contribution in [0.1, 0.15) is 0 Å². The van der Waals surface area contributed by atoms with Gasteiger partial charge in [0, 0.05) is 43.2 Å². The Morgan fingerprint density at radius 1 is 0.361 bits per heavy atom. The number of para-hydroxylation sites is 3. The van der Waals surface area contributed by atoms with E-state index in [1.807, 2.05) is 11.3 Å². The second-order valence-corrected chi connectivity index (χ2v) is 16.7. The van der Waals surface area contributed by atoms with Crippen molar-refractivity contribution in [2.24, 2.45) is 0 Å². The molecule has 12 aromatic rings. The number of rotatable bonds is 7. The molecule has 0 radical (unpaired) electrons. The molecule has 0 fully saturated rings. The summed E-state index contributed by atoms with van der Waals surface area (Å²) in [4.78, 5) is 2.51. The number of benzene rings is 10. The smallest absolute Gasteiger partial charge is 0.0640 e. The molecule has 61 heavy (non-hydrogen) atoms. The van der Waals surface area contributed by atoms with Crippen LogP contribution in [0.5, 0.6) is 0 Å². The Hall–Kier alpha value is -7.72. The number of fused-ring (bicyclic) bond motifs is 7. The minimum Gasteiger partial charge on any atom is -0.309 e. The average molecular weight is 795 g/mol. The van der Waals surface area contributed by atoms with Gasteiger partial charge in [-0.05, 0) is 93.2 Å². The predicted molar refractivity (Wildman–Crippen MR) is 262 cm³/mol. The summed E-state index contributed by atoms with van der Waals surface area (Å²) in [7, 11) is 0. The van der Waals surface area contributed by atoms with Gasteiger partial charge in [-0.3, -0.25) is 0 Å². The van der Waals surface area contributed by atoms with Crippen LogP contribution in [0, 0.1) is 0 Å². The van der Waals surface area contributed by atoms with Crippen LogP contribution in [0.25, 0.3) is 91.8 Å². The van der Waals surface area contributed by atoms with Crippen LogP contribution in [0.15, 0.2) is 231 Å². The zero-order chi connectivity index (χ0) is 40.3. The fourth-order valence-corrected chi connectivity index (χ4v) is 10.8. The predicted octanol–water partition coefficient (Wildman–Crippen LogP) is 16.8. The molecular weight excluding hydrogens is 757 g/mol. The van der Waals surface area contributed by atoms with Crippen molar-refractivity contribution in [1.29, 1.82) is 0 Å². The van der Waals surface area contributed by atoms with Crippen LogP contribution in [-0.4, -0.2) is 4.57 Å². The van der Waals surface area contributed by atoms with Crippen molar-refractivity contribution in [2.45, 2.75) is 0 Å². The first kappa shape index (κ1) is 35.2. The van der Waals surface area contributed by atoms with Crippen molar-refractivity contribution in [1.82, 2.24) is 4.57 Å². The van der Waals surface area contributed by atoms with E-state index in [0.717, 1.165) is 22.7 Å². The highest BCUT2D eigenvalue weighted by molar-refractivity contribution is 7.26. The van der Waals surface area contributed by atoms with Crippen LogP contribution < -0.4 is 4.90 Å². The van der Waals surface area contributed by atoms with Gasteiger partial charge < -0.3 is 9.47 Å². The number of nitrogens with zero attached hydrogens (tertiary/aromatic N) is 2. The molecule has 0 amide bonds. The maximum Gasteiger partial charge on any atom is 0.0640 e. The molecule has 0 unspecified atom stereocenters. The fourth-order valence-electron chi connectivity index (χ4n) is 9.56. The topological polar surface area (TPSA) is 8.17 Å². The molecule has 2 heterocycles. The number of thiophene rings is 1. The van der Waals surface area contributed by atoms with Crippen LogP contribution in [0.4, 0.5) is 17.1 Å². The lowest BCUT2D eigenvalue weighted by Crippen LogP contribution is -2.11. The summed E-state index contributed by atoms with van der Waals surface area (Å²) < 4.78 is 4.95. The first-order valence-electron chi connectivity index (χ1n) is 20.9. The average Bonchev–Trinajstić information content (AvgIpc) is 3.89. The molecule has 0 saturated carbocycles. The van der Waals surface area contributed by atoms with Gasteiger partial charge in [-0.2, -0.15) is 0 Å². The van der Waals surface area contributed by atoms with Crippen LogP contribution in [0.2, 0.25) is 0 Å². The van der Waals surface area contributed by atoms with Gasteiger partial charge in [-0.25, -0.2) is 0 Å². The molecule has 0 aliphatic rings. The minimum absolute atomic E-state index is 1.10. The summed E-state index contributed by atoms with van der Waals surface area (Å²) in [6, 6.07) is 84.2. The van der Waals surface area contributed by atoms with Crippen LogP contribution in [-0.2, 0) is 0 Å². The van der Waals surface area contributed by atoms with E-state index in [0.29, 0.717) is 0 Å². The Morgan fingerprint density at radius 3 is 1.79 bits per heavy atom. The molecule has 0 aliphatic heterocycles. The van der Waals surface area contributed by atoms with E-state index in [-0.39, 0.29) is 0 Å². The third-order valence-corrected chi connectivity index (χ3v) is 13.4. The molecule has 0 spiro atoms. The van der Waals surface area contributed by atoms with Gasteiger partial charge >= 0.3 is 0 Å². The highest BCUT2D eigenvalue weighted by Crippen LogP contribution is 2.49. The van der Waals surface area contributed by atoms with Gasteiger partial charge in [0.1, 0.15) is 0 Å². The van der Waals surface area contributed by atoms with Gasteiger partial charge in [0.15, 0.2) is 0 Å². The molecule has 0 aliphatic carbocycles. The van der Waals surface area contributed by atoms with E-state index in [4.69, 9.17) is 0 Å². The Labute approximate surface area is 358 Å². The monoisotopic (exact) mass is 794 g/mol. The van der Waals surface area contributed by atoms with E-state index in [1.54, 1.807) is 0 Å². The third kappa shape index (κ3) is 5.78. The largest absolute Gasteiger partial charge is 0.309 e. The molecule has 3 heteroatoms. The van der Waals surface area contributed by atoms with Crippen molar-refractivity contribution in [3.05, 3.63) is 231 Å². The lowest BCUT2D eigenvalue weighted by Gasteiger charge is -2.29.